The average Bonchev–Trinajstić information content (AvgIpc) is 2.65. The van der Waals surface area contributed by atoms with Crippen molar-refractivity contribution in [3.05, 3.63) is 0 Å². The van der Waals surface area contributed by atoms with E-state index < -0.39 is 0 Å². The quantitative estimate of drug-likeness (QED) is 0.762. The standard InChI is InChI=1S/C14H25N3O2/c1-3-8-17(11-6-4-10(15)5-7-11)12-9-13(18)16(2)14(12)19/h10-12H,3-9,15H2,1-2H3. The van der Waals surface area contributed by atoms with Gasteiger partial charge in [-0.15, -0.1) is 0 Å². The predicted octanol–water partition coefficient (Wildman–Crippen LogP) is 0.726. The van der Waals surface area contributed by atoms with Gasteiger partial charge in [0.05, 0.1) is 12.5 Å². The van der Waals surface area contributed by atoms with Crippen molar-refractivity contribution < 1.29 is 9.59 Å². The molecule has 0 spiro atoms. The highest BCUT2D eigenvalue weighted by Gasteiger charge is 2.42. The van der Waals surface area contributed by atoms with Gasteiger partial charge in [0.25, 0.3) is 0 Å². The monoisotopic (exact) mass is 267 g/mol. The van der Waals surface area contributed by atoms with E-state index in [4.69, 9.17) is 5.73 Å². The van der Waals surface area contributed by atoms with Crippen LogP contribution in [0.3, 0.4) is 0 Å². The summed E-state index contributed by atoms with van der Waals surface area (Å²) in [4.78, 5) is 27.4. The molecule has 2 amide bonds. The van der Waals surface area contributed by atoms with Crippen molar-refractivity contribution in [1.82, 2.24) is 9.80 Å². The van der Waals surface area contributed by atoms with E-state index in [-0.39, 0.29) is 17.9 Å². The second kappa shape index (κ2) is 6.01. The van der Waals surface area contributed by atoms with E-state index >= 15 is 0 Å². The largest absolute Gasteiger partial charge is 0.328 e. The molecule has 1 aliphatic heterocycles. The highest BCUT2D eigenvalue weighted by Crippen LogP contribution is 2.27. The summed E-state index contributed by atoms with van der Waals surface area (Å²) in [6, 6.07) is 0.480. The summed E-state index contributed by atoms with van der Waals surface area (Å²) in [5.74, 6) is -0.0862. The van der Waals surface area contributed by atoms with Crippen molar-refractivity contribution in [3.63, 3.8) is 0 Å². The third-order valence-corrected chi connectivity index (χ3v) is 4.45. The van der Waals surface area contributed by atoms with Gasteiger partial charge in [0.15, 0.2) is 0 Å². The van der Waals surface area contributed by atoms with Gasteiger partial charge in [-0.25, -0.2) is 0 Å². The normalized spacial score (nSPS) is 32.4. The van der Waals surface area contributed by atoms with E-state index in [1.54, 1.807) is 7.05 Å². The summed E-state index contributed by atoms with van der Waals surface area (Å²) >= 11 is 0. The minimum absolute atomic E-state index is 0.0340. The van der Waals surface area contributed by atoms with Gasteiger partial charge < -0.3 is 5.73 Å². The molecule has 1 unspecified atom stereocenters. The van der Waals surface area contributed by atoms with Gasteiger partial charge in [-0.2, -0.15) is 0 Å². The lowest BCUT2D eigenvalue weighted by Crippen LogP contribution is -2.49. The Hall–Kier alpha value is -0.940. The first-order valence-electron chi connectivity index (χ1n) is 7.36. The molecule has 5 heteroatoms. The van der Waals surface area contributed by atoms with Crippen molar-refractivity contribution in [2.45, 2.75) is 63.6 Å². The molecule has 108 valence electrons. The van der Waals surface area contributed by atoms with Crippen LogP contribution >= 0.6 is 0 Å². The Morgan fingerprint density at radius 3 is 2.37 bits per heavy atom. The predicted molar refractivity (Wildman–Crippen MR) is 73.4 cm³/mol. The van der Waals surface area contributed by atoms with Crippen LogP contribution < -0.4 is 5.73 Å². The van der Waals surface area contributed by atoms with Crippen molar-refractivity contribution in [2.24, 2.45) is 5.73 Å². The van der Waals surface area contributed by atoms with Crippen LogP contribution in [0.15, 0.2) is 0 Å². The Kier molecular flexibility index (Phi) is 4.58. The summed E-state index contributed by atoms with van der Waals surface area (Å²) in [7, 11) is 1.59. The van der Waals surface area contributed by atoms with Crippen LogP contribution in [0.5, 0.6) is 0 Å². The molecule has 2 rings (SSSR count). The van der Waals surface area contributed by atoms with Crippen molar-refractivity contribution in [3.8, 4) is 0 Å². The van der Waals surface area contributed by atoms with Gasteiger partial charge in [-0.1, -0.05) is 6.92 Å². The minimum atomic E-state index is -0.239. The molecule has 1 saturated heterocycles. The maximum Gasteiger partial charge on any atom is 0.246 e. The first-order valence-corrected chi connectivity index (χ1v) is 7.36. The fourth-order valence-corrected chi connectivity index (χ4v) is 3.28. The van der Waals surface area contributed by atoms with Gasteiger partial charge in [0.1, 0.15) is 0 Å². The molecule has 0 radical (unpaired) electrons. The lowest BCUT2D eigenvalue weighted by molar-refractivity contribution is -0.138. The number of carbonyl (C=O) groups is 2. The molecule has 1 aliphatic carbocycles. The molecule has 1 atom stereocenters. The zero-order valence-corrected chi connectivity index (χ0v) is 12.0. The van der Waals surface area contributed by atoms with Crippen LogP contribution in [0.1, 0.15) is 45.4 Å². The maximum atomic E-state index is 12.2. The minimum Gasteiger partial charge on any atom is -0.328 e. The molecule has 5 nitrogen and oxygen atoms in total. The molecule has 0 bridgehead atoms. The molecule has 2 aliphatic rings. The summed E-state index contributed by atoms with van der Waals surface area (Å²) < 4.78 is 0. The van der Waals surface area contributed by atoms with Gasteiger partial charge in [-0.3, -0.25) is 19.4 Å². The van der Waals surface area contributed by atoms with Crippen LogP contribution in [0.4, 0.5) is 0 Å². The Bertz CT molecular complexity index is 351. The number of carbonyl (C=O) groups excluding carboxylic acids is 2. The average molecular weight is 267 g/mol. The van der Waals surface area contributed by atoms with Crippen molar-refractivity contribution in [2.75, 3.05) is 13.6 Å². The van der Waals surface area contributed by atoms with E-state index in [1.807, 2.05) is 0 Å². The Morgan fingerprint density at radius 2 is 1.89 bits per heavy atom. The molecule has 2 N–H and O–H groups in total. The maximum absolute atomic E-state index is 12.2. The fraction of sp³-hybridized carbons (Fsp3) is 0.857. The zero-order chi connectivity index (χ0) is 14.0. The van der Waals surface area contributed by atoms with E-state index in [9.17, 15) is 9.59 Å². The smallest absolute Gasteiger partial charge is 0.246 e. The zero-order valence-electron chi connectivity index (χ0n) is 12.0. The van der Waals surface area contributed by atoms with E-state index in [2.05, 4.69) is 11.8 Å². The second-order valence-corrected chi connectivity index (χ2v) is 5.82. The van der Waals surface area contributed by atoms with Crippen LogP contribution in [0, 0.1) is 0 Å². The highest BCUT2D eigenvalue weighted by molar-refractivity contribution is 6.05. The van der Waals surface area contributed by atoms with Crippen LogP contribution in [-0.2, 0) is 9.59 Å². The molecule has 2 fully saturated rings. The summed E-state index contributed by atoms with van der Waals surface area (Å²) in [6.07, 6.45) is 5.49. The molecule has 1 saturated carbocycles. The molecule has 0 aromatic rings. The number of nitrogens with two attached hydrogens (primary N) is 1. The fourth-order valence-electron chi connectivity index (χ4n) is 3.28. The summed E-state index contributed by atoms with van der Waals surface area (Å²) in [6.45, 7) is 3.00. The van der Waals surface area contributed by atoms with Crippen molar-refractivity contribution >= 4 is 11.8 Å². The highest BCUT2D eigenvalue weighted by atomic mass is 16.2. The Labute approximate surface area is 115 Å². The number of amides is 2. The molecule has 1 heterocycles. The van der Waals surface area contributed by atoms with E-state index in [1.165, 1.54) is 4.90 Å². The van der Waals surface area contributed by atoms with Gasteiger partial charge in [-0.05, 0) is 38.6 Å². The molecular formula is C14H25N3O2. The van der Waals surface area contributed by atoms with Gasteiger partial charge in [0.2, 0.25) is 11.8 Å². The first kappa shape index (κ1) is 14.5. The number of hydrogen-bond acceptors (Lipinski definition) is 4. The van der Waals surface area contributed by atoms with Crippen LogP contribution in [-0.4, -0.2) is 53.3 Å². The Morgan fingerprint density at radius 1 is 1.26 bits per heavy atom. The molecule has 19 heavy (non-hydrogen) atoms. The second-order valence-electron chi connectivity index (χ2n) is 5.82. The van der Waals surface area contributed by atoms with Gasteiger partial charge in [0, 0.05) is 19.1 Å². The molecular weight excluding hydrogens is 242 g/mol. The van der Waals surface area contributed by atoms with E-state index in [0.29, 0.717) is 18.5 Å². The number of nitrogens with zero attached hydrogens (tertiary/aromatic N) is 2. The van der Waals surface area contributed by atoms with E-state index in [0.717, 1.165) is 38.6 Å². The molecule has 0 aromatic heterocycles. The summed E-state index contributed by atoms with van der Waals surface area (Å²) in [5, 5.41) is 0. The third kappa shape index (κ3) is 2.98. The number of imide groups is 1. The van der Waals surface area contributed by atoms with Crippen LogP contribution in [0.2, 0.25) is 0 Å². The first-order chi connectivity index (χ1) is 9.04. The van der Waals surface area contributed by atoms with Crippen LogP contribution in [0.25, 0.3) is 0 Å². The lowest BCUT2D eigenvalue weighted by atomic mass is 9.89. The number of likely N-dealkylation sites (tertiary alicyclic amines) is 1. The number of likely N-dealkylation sites (N-methyl/N-ethyl adjacent to an activating group) is 1. The lowest BCUT2D eigenvalue weighted by Gasteiger charge is -2.38. The van der Waals surface area contributed by atoms with Crippen molar-refractivity contribution in [1.29, 1.82) is 0 Å². The number of rotatable bonds is 4. The topological polar surface area (TPSA) is 66.6 Å². The van der Waals surface area contributed by atoms with Gasteiger partial charge >= 0.3 is 0 Å². The molecule has 0 aromatic carbocycles. The SMILES string of the molecule is CCCN(C1CCC(N)CC1)C1CC(=O)N(C)C1=O. The summed E-state index contributed by atoms with van der Waals surface area (Å²) in [5.41, 5.74) is 5.95. The third-order valence-electron chi connectivity index (χ3n) is 4.45. The number of hydrogen-bond donors (Lipinski definition) is 1. The Balaban J connectivity index is 2.07.